The van der Waals surface area contributed by atoms with Crippen LogP contribution in [0.25, 0.3) is 4.85 Å². The number of halogens is 1. The average molecular weight is 387 g/mol. The van der Waals surface area contributed by atoms with Gasteiger partial charge in [0.1, 0.15) is 6.04 Å². The Kier molecular flexibility index (Phi) is 6.77. The normalized spacial score (nSPS) is 12.4. The number of hydrogen-bond donors (Lipinski definition) is 4. The van der Waals surface area contributed by atoms with Gasteiger partial charge in [-0.2, -0.15) is 0 Å². The van der Waals surface area contributed by atoms with Crippen molar-refractivity contribution in [2.45, 2.75) is 26.0 Å². The van der Waals surface area contributed by atoms with Gasteiger partial charge in [-0.3, -0.25) is 20.4 Å². The maximum Gasteiger partial charge on any atom is 0.269 e. The van der Waals surface area contributed by atoms with Gasteiger partial charge in [-0.25, -0.2) is 4.85 Å². The lowest BCUT2D eigenvalue weighted by Crippen LogP contribution is -2.52. The molecular weight excluding hydrogens is 368 g/mol. The Morgan fingerprint density at radius 1 is 1.15 bits per heavy atom. The van der Waals surface area contributed by atoms with Crippen LogP contribution >= 0.6 is 11.6 Å². The van der Waals surface area contributed by atoms with Crippen molar-refractivity contribution in [3.63, 3.8) is 0 Å². The van der Waals surface area contributed by atoms with Gasteiger partial charge in [-0.15, -0.1) is 0 Å². The van der Waals surface area contributed by atoms with Gasteiger partial charge in [0.25, 0.3) is 11.8 Å². The molecule has 0 aliphatic rings. The van der Waals surface area contributed by atoms with Gasteiger partial charge in [-0.05, 0) is 37.6 Å². The number of amides is 2. The van der Waals surface area contributed by atoms with E-state index in [0.717, 1.165) is 0 Å². The van der Waals surface area contributed by atoms with Crippen LogP contribution in [-0.2, 0) is 4.79 Å². The number of hydrogen-bond acceptors (Lipinski definition) is 4. The van der Waals surface area contributed by atoms with E-state index in [1.54, 1.807) is 43.3 Å². The van der Waals surface area contributed by atoms with E-state index >= 15 is 0 Å². The molecular formula is C19H19ClN4O3. The van der Waals surface area contributed by atoms with Crippen molar-refractivity contribution in [3.8, 4) is 0 Å². The molecule has 2 aromatic carbocycles. The van der Waals surface area contributed by atoms with Crippen LogP contribution in [0.3, 0.4) is 0 Å². The molecule has 0 heterocycles. The Bertz CT molecular complexity index is 879. The number of nitrogens with zero attached hydrogens (tertiary/aromatic N) is 1. The predicted molar refractivity (Wildman–Crippen MR) is 104 cm³/mol. The van der Waals surface area contributed by atoms with Crippen LogP contribution in [0.4, 0.5) is 11.4 Å². The van der Waals surface area contributed by atoms with Crippen LogP contribution in [-0.4, -0.2) is 29.1 Å². The molecule has 2 atom stereocenters. The molecule has 4 N–H and O–H groups in total. The maximum atomic E-state index is 12.4. The lowest BCUT2D eigenvalue weighted by molar-refractivity contribution is -0.124. The van der Waals surface area contributed by atoms with E-state index in [1.165, 1.54) is 13.0 Å². The van der Waals surface area contributed by atoms with Crippen molar-refractivity contribution in [2.75, 3.05) is 5.32 Å². The molecule has 0 aliphatic carbocycles. The van der Waals surface area contributed by atoms with Crippen LogP contribution in [0.5, 0.6) is 0 Å². The minimum absolute atomic E-state index is 0.275. The standard InChI is InChI=1S/C19H19ClN4O3/c1-11-14(9-10-15(21-3)16(11)20)22-17(12(2)25)19(27)24-23-18(26)13-7-5-4-6-8-13/h4-10,12,17,22,25H,1-2H3,(H,23,26)(H,24,27)/t12-,17+/m0/s1. The van der Waals surface area contributed by atoms with Crippen LogP contribution in [0.15, 0.2) is 42.5 Å². The van der Waals surface area contributed by atoms with Gasteiger partial charge >= 0.3 is 0 Å². The number of benzene rings is 2. The molecule has 0 spiro atoms. The molecule has 7 nitrogen and oxygen atoms in total. The van der Waals surface area contributed by atoms with Gasteiger partial charge in [0, 0.05) is 11.3 Å². The number of nitrogens with one attached hydrogen (secondary N) is 3. The second-order valence-electron chi connectivity index (χ2n) is 5.86. The number of aliphatic hydroxyl groups is 1. The Labute approximate surface area is 162 Å². The first-order valence-electron chi connectivity index (χ1n) is 8.11. The van der Waals surface area contributed by atoms with Crippen molar-refractivity contribution in [1.29, 1.82) is 0 Å². The van der Waals surface area contributed by atoms with Gasteiger partial charge in [0.05, 0.1) is 17.7 Å². The first kappa shape index (κ1) is 20.2. The summed E-state index contributed by atoms with van der Waals surface area (Å²) in [5.74, 6) is -1.10. The summed E-state index contributed by atoms with van der Waals surface area (Å²) in [7, 11) is 0. The molecule has 0 fully saturated rings. The molecule has 2 amide bonds. The van der Waals surface area contributed by atoms with E-state index in [4.69, 9.17) is 18.2 Å². The first-order valence-corrected chi connectivity index (χ1v) is 8.49. The maximum absolute atomic E-state index is 12.4. The summed E-state index contributed by atoms with van der Waals surface area (Å²) in [6.45, 7) is 10.2. The summed E-state index contributed by atoms with van der Waals surface area (Å²) >= 11 is 6.14. The van der Waals surface area contributed by atoms with E-state index in [-0.39, 0.29) is 5.02 Å². The largest absolute Gasteiger partial charge is 0.391 e. The first-order chi connectivity index (χ1) is 12.8. The van der Waals surface area contributed by atoms with Crippen LogP contribution < -0.4 is 16.2 Å². The molecule has 2 aromatic rings. The number of carbonyl (C=O) groups is 2. The zero-order chi connectivity index (χ0) is 20.0. The Balaban J connectivity index is 2.09. The van der Waals surface area contributed by atoms with Crippen molar-refractivity contribution >= 4 is 34.8 Å². The highest BCUT2D eigenvalue weighted by atomic mass is 35.5. The molecule has 140 valence electrons. The third-order valence-electron chi connectivity index (χ3n) is 3.90. The summed E-state index contributed by atoms with van der Waals surface area (Å²) in [4.78, 5) is 27.7. The van der Waals surface area contributed by atoms with Gasteiger partial charge in [-0.1, -0.05) is 35.9 Å². The molecule has 0 radical (unpaired) electrons. The van der Waals surface area contributed by atoms with Crippen molar-refractivity contribution in [1.82, 2.24) is 10.9 Å². The predicted octanol–water partition coefficient (Wildman–Crippen LogP) is 2.82. The number of hydrazine groups is 1. The minimum Gasteiger partial charge on any atom is -0.391 e. The summed E-state index contributed by atoms with van der Waals surface area (Å²) in [5, 5.41) is 13.1. The molecule has 8 heteroatoms. The molecule has 0 unspecified atom stereocenters. The molecule has 2 rings (SSSR count). The highest BCUT2D eigenvalue weighted by Crippen LogP contribution is 2.33. The summed E-state index contributed by atoms with van der Waals surface area (Å²) in [6.07, 6.45) is -1.06. The second-order valence-corrected chi connectivity index (χ2v) is 6.23. The number of rotatable bonds is 5. The zero-order valence-corrected chi connectivity index (χ0v) is 15.5. The highest BCUT2D eigenvalue weighted by molar-refractivity contribution is 6.34. The van der Waals surface area contributed by atoms with Crippen molar-refractivity contribution in [3.05, 3.63) is 70.0 Å². The Morgan fingerprint density at radius 3 is 2.41 bits per heavy atom. The van der Waals surface area contributed by atoms with Gasteiger partial charge < -0.3 is 10.4 Å². The second kappa shape index (κ2) is 9.03. The van der Waals surface area contributed by atoms with Crippen LogP contribution in [0, 0.1) is 13.5 Å². The van der Waals surface area contributed by atoms with Gasteiger partial charge in [0.15, 0.2) is 0 Å². The fourth-order valence-electron chi connectivity index (χ4n) is 2.34. The molecule has 0 saturated carbocycles. The SMILES string of the molecule is [C-]#[N+]c1ccc(N[C@@H](C(=O)NNC(=O)c2ccccc2)[C@H](C)O)c(C)c1Cl. The fraction of sp³-hybridized carbons (Fsp3) is 0.211. The van der Waals surface area contributed by atoms with E-state index < -0.39 is 24.0 Å². The van der Waals surface area contributed by atoms with E-state index in [9.17, 15) is 14.7 Å². The molecule has 0 saturated heterocycles. The lowest BCUT2D eigenvalue weighted by atomic mass is 10.1. The van der Waals surface area contributed by atoms with E-state index in [0.29, 0.717) is 22.5 Å². The smallest absolute Gasteiger partial charge is 0.269 e. The third-order valence-corrected chi connectivity index (χ3v) is 4.37. The third kappa shape index (κ3) is 4.97. The molecule has 0 aliphatic heterocycles. The van der Waals surface area contributed by atoms with E-state index in [1.807, 2.05) is 0 Å². The monoisotopic (exact) mass is 386 g/mol. The van der Waals surface area contributed by atoms with Crippen molar-refractivity contribution < 1.29 is 14.7 Å². The number of carbonyl (C=O) groups excluding carboxylic acids is 2. The fourth-order valence-corrected chi connectivity index (χ4v) is 2.55. The molecule has 0 bridgehead atoms. The minimum atomic E-state index is -1.06. The van der Waals surface area contributed by atoms with Crippen molar-refractivity contribution in [2.24, 2.45) is 0 Å². The number of anilines is 1. The number of aliphatic hydroxyl groups excluding tert-OH is 1. The summed E-state index contributed by atoms with van der Waals surface area (Å²) < 4.78 is 0. The Hall–Kier alpha value is -3.08. The zero-order valence-electron chi connectivity index (χ0n) is 14.8. The topological polar surface area (TPSA) is 94.8 Å². The molecule has 0 aromatic heterocycles. The van der Waals surface area contributed by atoms with Crippen LogP contribution in [0.2, 0.25) is 5.02 Å². The highest BCUT2D eigenvalue weighted by Gasteiger charge is 2.25. The van der Waals surface area contributed by atoms with E-state index in [2.05, 4.69) is 21.0 Å². The quantitative estimate of drug-likeness (QED) is 0.469. The summed E-state index contributed by atoms with van der Waals surface area (Å²) in [6, 6.07) is 10.5. The van der Waals surface area contributed by atoms with Crippen LogP contribution in [0.1, 0.15) is 22.8 Å². The lowest BCUT2D eigenvalue weighted by Gasteiger charge is -2.23. The Morgan fingerprint density at radius 2 is 1.81 bits per heavy atom. The average Bonchev–Trinajstić information content (AvgIpc) is 2.67. The van der Waals surface area contributed by atoms with Gasteiger partial charge in [0.2, 0.25) is 5.69 Å². The molecule has 27 heavy (non-hydrogen) atoms. The summed E-state index contributed by atoms with van der Waals surface area (Å²) in [5.41, 5.74) is 6.37.